The fourth-order valence-corrected chi connectivity index (χ4v) is 2.62. The van der Waals surface area contributed by atoms with E-state index in [9.17, 15) is 0 Å². The number of guanidine groups is 1. The summed E-state index contributed by atoms with van der Waals surface area (Å²) in [7, 11) is 1.82. The summed E-state index contributed by atoms with van der Waals surface area (Å²) in [6.45, 7) is 13.8. The van der Waals surface area contributed by atoms with Gasteiger partial charge in [0.2, 0.25) is 0 Å². The van der Waals surface area contributed by atoms with Gasteiger partial charge < -0.3 is 10.6 Å². The summed E-state index contributed by atoms with van der Waals surface area (Å²) in [5.74, 6) is 0.857. The SMILES string of the molecule is CN=C(NCCN(C(C)C)C(C)C)NCc1ccccc1C. The summed E-state index contributed by atoms with van der Waals surface area (Å²) in [5.41, 5.74) is 2.60. The molecule has 22 heavy (non-hydrogen) atoms. The maximum atomic E-state index is 4.30. The van der Waals surface area contributed by atoms with Crippen LogP contribution in [-0.4, -0.2) is 43.1 Å². The van der Waals surface area contributed by atoms with E-state index in [0.29, 0.717) is 12.1 Å². The molecule has 2 N–H and O–H groups in total. The van der Waals surface area contributed by atoms with Gasteiger partial charge in [0, 0.05) is 38.8 Å². The number of aliphatic imine (C=N–C) groups is 1. The Bertz CT molecular complexity index is 458. The summed E-state index contributed by atoms with van der Waals surface area (Å²) in [4.78, 5) is 6.77. The molecule has 0 fully saturated rings. The standard InChI is InChI=1S/C18H32N4/c1-14(2)22(15(3)4)12-11-20-18(19-6)21-13-17-10-8-7-9-16(17)5/h7-10,14-15H,11-13H2,1-6H3,(H2,19,20,21). The molecule has 1 aromatic rings. The lowest BCUT2D eigenvalue weighted by molar-refractivity contribution is 0.178. The van der Waals surface area contributed by atoms with Gasteiger partial charge in [-0.25, -0.2) is 0 Å². The molecule has 0 aromatic heterocycles. The summed E-state index contributed by atoms with van der Waals surface area (Å²) < 4.78 is 0. The van der Waals surface area contributed by atoms with E-state index in [1.54, 1.807) is 0 Å². The quantitative estimate of drug-likeness (QED) is 0.601. The Labute approximate surface area is 136 Å². The summed E-state index contributed by atoms with van der Waals surface area (Å²) in [6, 6.07) is 9.54. The molecule has 4 nitrogen and oxygen atoms in total. The first kappa shape index (κ1) is 18.5. The van der Waals surface area contributed by atoms with E-state index in [0.717, 1.165) is 25.6 Å². The average Bonchev–Trinajstić information content (AvgIpc) is 2.47. The molecule has 0 saturated carbocycles. The van der Waals surface area contributed by atoms with Crippen LogP contribution in [0.15, 0.2) is 29.3 Å². The summed E-state index contributed by atoms with van der Waals surface area (Å²) >= 11 is 0. The third-order valence-electron chi connectivity index (χ3n) is 3.92. The second-order valence-corrected chi connectivity index (χ2v) is 6.20. The molecule has 0 aliphatic heterocycles. The van der Waals surface area contributed by atoms with Crippen LogP contribution in [0.1, 0.15) is 38.8 Å². The van der Waals surface area contributed by atoms with Crippen molar-refractivity contribution in [2.24, 2.45) is 4.99 Å². The van der Waals surface area contributed by atoms with Crippen molar-refractivity contribution in [3.05, 3.63) is 35.4 Å². The number of hydrogen-bond donors (Lipinski definition) is 2. The van der Waals surface area contributed by atoms with Crippen LogP contribution in [0, 0.1) is 6.92 Å². The Hall–Kier alpha value is -1.55. The number of rotatable bonds is 7. The lowest BCUT2D eigenvalue weighted by Crippen LogP contribution is -2.45. The molecule has 0 atom stereocenters. The number of nitrogens with zero attached hydrogens (tertiary/aromatic N) is 2. The van der Waals surface area contributed by atoms with E-state index in [1.807, 2.05) is 7.05 Å². The first-order valence-electron chi connectivity index (χ1n) is 8.20. The molecule has 0 radical (unpaired) electrons. The number of hydrogen-bond acceptors (Lipinski definition) is 2. The molecule has 1 rings (SSSR count). The first-order chi connectivity index (χ1) is 10.5. The van der Waals surface area contributed by atoms with Crippen LogP contribution < -0.4 is 10.6 Å². The van der Waals surface area contributed by atoms with Crippen molar-refractivity contribution in [3.63, 3.8) is 0 Å². The van der Waals surface area contributed by atoms with Gasteiger partial charge >= 0.3 is 0 Å². The van der Waals surface area contributed by atoms with E-state index in [4.69, 9.17) is 0 Å². The van der Waals surface area contributed by atoms with Gasteiger partial charge in [-0.3, -0.25) is 9.89 Å². The van der Waals surface area contributed by atoms with Gasteiger partial charge in [-0.1, -0.05) is 24.3 Å². The second-order valence-electron chi connectivity index (χ2n) is 6.20. The van der Waals surface area contributed by atoms with Crippen molar-refractivity contribution in [2.75, 3.05) is 20.1 Å². The number of nitrogens with one attached hydrogen (secondary N) is 2. The van der Waals surface area contributed by atoms with Crippen LogP contribution in [0.4, 0.5) is 0 Å². The van der Waals surface area contributed by atoms with Crippen LogP contribution in [0.2, 0.25) is 0 Å². The minimum atomic E-state index is 0.559. The van der Waals surface area contributed by atoms with Gasteiger partial charge in [0.1, 0.15) is 0 Å². The van der Waals surface area contributed by atoms with Gasteiger partial charge in [-0.15, -0.1) is 0 Å². The van der Waals surface area contributed by atoms with Crippen LogP contribution in [0.25, 0.3) is 0 Å². The van der Waals surface area contributed by atoms with Crippen LogP contribution in [0.3, 0.4) is 0 Å². The monoisotopic (exact) mass is 304 g/mol. The molecule has 0 aliphatic carbocycles. The maximum absolute atomic E-state index is 4.30. The van der Waals surface area contributed by atoms with E-state index >= 15 is 0 Å². The fourth-order valence-electron chi connectivity index (χ4n) is 2.62. The zero-order chi connectivity index (χ0) is 16.5. The highest BCUT2D eigenvalue weighted by atomic mass is 15.2. The molecule has 0 bridgehead atoms. The fraction of sp³-hybridized carbons (Fsp3) is 0.611. The largest absolute Gasteiger partial charge is 0.355 e. The zero-order valence-electron chi connectivity index (χ0n) is 15.0. The van der Waals surface area contributed by atoms with Gasteiger partial charge in [0.15, 0.2) is 5.96 Å². The molecule has 1 aromatic carbocycles. The van der Waals surface area contributed by atoms with Crippen LogP contribution in [0.5, 0.6) is 0 Å². The van der Waals surface area contributed by atoms with Crippen molar-refractivity contribution in [2.45, 2.75) is 53.2 Å². The Morgan fingerprint density at radius 2 is 1.73 bits per heavy atom. The molecule has 0 amide bonds. The molecular formula is C18H32N4. The van der Waals surface area contributed by atoms with Crippen molar-refractivity contribution in [1.29, 1.82) is 0 Å². The number of aryl methyl sites for hydroxylation is 1. The second kappa shape index (κ2) is 9.46. The van der Waals surface area contributed by atoms with Gasteiger partial charge in [-0.05, 0) is 45.7 Å². The number of benzene rings is 1. The van der Waals surface area contributed by atoms with Gasteiger partial charge in [0.05, 0.1) is 0 Å². The third-order valence-corrected chi connectivity index (χ3v) is 3.92. The predicted molar refractivity (Wildman–Crippen MR) is 96.4 cm³/mol. The predicted octanol–water partition coefficient (Wildman–Crippen LogP) is 2.78. The Balaban J connectivity index is 2.42. The van der Waals surface area contributed by atoms with E-state index in [1.165, 1.54) is 11.1 Å². The minimum Gasteiger partial charge on any atom is -0.355 e. The lowest BCUT2D eigenvalue weighted by Gasteiger charge is -2.30. The van der Waals surface area contributed by atoms with Crippen LogP contribution >= 0.6 is 0 Å². The van der Waals surface area contributed by atoms with Gasteiger partial charge in [0.25, 0.3) is 0 Å². The maximum Gasteiger partial charge on any atom is 0.191 e. The van der Waals surface area contributed by atoms with Crippen molar-refractivity contribution in [1.82, 2.24) is 15.5 Å². The van der Waals surface area contributed by atoms with Gasteiger partial charge in [-0.2, -0.15) is 0 Å². The van der Waals surface area contributed by atoms with Crippen molar-refractivity contribution < 1.29 is 0 Å². The molecule has 0 heterocycles. The summed E-state index contributed by atoms with van der Waals surface area (Å²) in [5, 5.41) is 6.78. The molecule has 0 saturated heterocycles. The molecule has 4 heteroatoms. The van der Waals surface area contributed by atoms with E-state index < -0.39 is 0 Å². The minimum absolute atomic E-state index is 0.559. The Morgan fingerprint density at radius 3 is 2.27 bits per heavy atom. The first-order valence-corrected chi connectivity index (χ1v) is 8.20. The Morgan fingerprint density at radius 1 is 1.09 bits per heavy atom. The molecule has 0 unspecified atom stereocenters. The zero-order valence-corrected chi connectivity index (χ0v) is 15.0. The van der Waals surface area contributed by atoms with Crippen molar-refractivity contribution in [3.8, 4) is 0 Å². The normalized spacial score (nSPS) is 12.3. The van der Waals surface area contributed by atoms with Crippen molar-refractivity contribution >= 4 is 5.96 Å². The Kier molecular flexibility index (Phi) is 7.96. The third kappa shape index (κ3) is 6.06. The average molecular weight is 304 g/mol. The van der Waals surface area contributed by atoms with E-state index in [2.05, 4.69) is 79.4 Å². The highest BCUT2D eigenvalue weighted by Crippen LogP contribution is 2.06. The topological polar surface area (TPSA) is 39.7 Å². The molecular weight excluding hydrogens is 272 g/mol. The highest BCUT2D eigenvalue weighted by molar-refractivity contribution is 5.79. The molecule has 0 spiro atoms. The smallest absolute Gasteiger partial charge is 0.191 e. The molecule has 124 valence electrons. The van der Waals surface area contributed by atoms with Crippen LogP contribution in [-0.2, 0) is 6.54 Å². The molecule has 0 aliphatic rings. The summed E-state index contributed by atoms with van der Waals surface area (Å²) in [6.07, 6.45) is 0. The highest BCUT2D eigenvalue weighted by Gasteiger charge is 2.12. The lowest BCUT2D eigenvalue weighted by atomic mass is 10.1. The van der Waals surface area contributed by atoms with E-state index in [-0.39, 0.29) is 0 Å².